The van der Waals surface area contributed by atoms with E-state index < -0.39 is 0 Å². The molecule has 2 aromatic heterocycles. The zero-order valence-corrected chi connectivity index (χ0v) is 12.9. The van der Waals surface area contributed by atoms with E-state index in [1.807, 2.05) is 0 Å². The van der Waals surface area contributed by atoms with Gasteiger partial charge >= 0.3 is 0 Å². The molecule has 0 aliphatic heterocycles. The number of fused-ring (bicyclic) bond motifs is 1. The molecule has 7 nitrogen and oxygen atoms in total. The number of carbonyl (C=O) groups excluding carboxylic acids is 1. The molecule has 1 amide bonds. The van der Waals surface area contributed by atoms with Gasteiger partial charge in [-0.1, -0.05) is 11.8 Å². The normalized spacial score (nSPS) is 10.9. The van der Waals surface area contributed by atoms with Crippen molar-refractivity contribution in [1.29, 1.82) is 0 Å². The Kier molecular flexibility index (Phi) is 4.11. The number of carbonyl (C=O) groups is 1. The quantitative estimate of drug-likeness (QED) is 0.708. The van der Waals surface area contributed by atoms with Gasteiger partial charge in [-0.3, -0.25) is 19.0 Å². The highest BCUT2D eigenvalue weighted by Gasteiger charge is 2.12. The summed E-state index contributed by atoms with van der Waals surface area (Å²) < 4.78 is 14.5. The molecule has 1 aromatic carbocycles. The molecule has 0 aliphatic carbocycles. The maximum atomic E-state index is 12.8. The molecule has 2 N–H and O–H groups in total. The SMILES string of the molecule is Cc1cc(=O)[nH]c2nnc(SCC(=O)Nc3ccc(F)cc3)n12. The summed E-state index contributed by atoms with van der Waals surface area (Å²) in [4.78, 5) is 25.9. The van der Waals surface area contributed by atoms with Gasteiger partial charge in [-0.25, -0.2) is 4.39 Å². The third kappa shape index (κ3) is 3.39. The third-order valence-electron chi connectivity index (χ3n) is 3.02. The standard InChI is InChI=1S/C14H12FN5O2S/c1-8-6-11(21)17-13-18-19-14(20(8)13)23-7-12(22)16-10-4-2-9(15)3-5-10/h2-6H,7H2,1H3,(H,16,22)(H,17,18,21). The summed E-state index contributed by atoms with van der Waals surface area (Å²) in [6, 6.07) is 6.94. The van der Waals surface area contributed by atoms with Crippen LogP contribution in [0.4, 0.5) is 10.1 Å². The van der Waals surface area contributed by atoms with Crippen molar-refractivity contribution in [2.75, 3.05) is 11.1 Å². The van der Waals surface area contributed by atoms with Gasteiger partial charge < -0.3 is 5.32 Å². The fraction of sp³-hybridized carbons (Fsp3) is 0.143. The third-order valence-corrected chi connectivity index (χ3v) is 3.95. The van der Waals surface area contributed by atoms with Crippen molar-refractivity contribution in [3.63, 3.8) is 0 Å². The Labute approximate surface area is 133 Å². The molecule has 0 bridgehead atoms. The molecule has 3 rings (SSSR count). The Morgan fingerprint density at radius 1 is 1.35 bits per heavy atom. The molecule has 2 heterocycles. The number of aromatic nitrogens is 4. The summed E-state index contributed by atoms with van der Waals surface area (Å²) in [6.45, 7) is 1.76. The fourth-order valence-corrected chi connectivity index (χ4v) is 2.81. The van der Waals surface area contributed by atoms with Crippen LogP contribution in [-0.2, 0) is 4.79 Å². The van der Waals surface area contributed by atoms with Gasteiger partial charge in [0.25, 0.3) is 5.56 Å². The van der Waals surface area contributed by atoms with Crippen molar-refractivity contribution in [2.24, 2.45) is 0 Å². The van der Waals surface area contributed by atoms with E-state index >= 15 is 0 Å². The Bertz CT molecular complexity index is 919. The lowest BCUT2D eigenvalue weighted by molar-refractivity contribution is -0.113. The molecule has 0 aliphatic rings. The van der Waals surface area contributed by atoms with Gasteiger partial charge in [0.05, 0.1) is 5.75 Å². The van der Waals surface area contributed by atoms with E-state index in [-0.39, 0.29) is 23.0 Å². The lowest BCUT2D eigenvalue weighted by atomic mass is 10.3. The van der Waals surface area contributed by atoms with Gasteiger partial charge in [-0.05, 0) is 31.2 Å². The average Bonchev–Trinajstić information content (AvgIpc) is 2.91. The number of H-pyrrole nitrogens is 1. The largest absolute Gasteiger partial charge is 0.325 e. The monoisotopic (exact) mass is 333 g/mol. The highest BCUT2D eigenvalue weighted by Crippen LogP contribution is 2.17. The summed E-state index contributed by atoms with van der Waals surface area (Å²) in [7, 11) is 0. The van der Waals surface area contributed by atoms with Crippen LogP contribution in [0, 0.1) is 12.7 Å². The molecular weight excluding hydrogens is 321 g/mol. The number of hydrogen-bond donors (Lipinski definition) is 2. The van der Waals surface area contributed by atoms with Crippen LogP contribution in [0.15, 0.2) is 40.3 Å². The Hall–Kier alpha value is -2.68. The minimum atomic E-state index is -0.364. The van der Waals surface area contributed by atoms with Crippen molar-refractivity contribution in [3.05, 3.63) is 52.2 Å². The molecule has 0 spiro atoms. The highest BCUT2D eigenvalue weighted by atomic mass is 32.2. The van der Waals surface area contributed by atoms with Gasteiger partial charge in [-0.15, -0.1) is 10.2 Å². The summed E-state index contributed by atoms with van der Waals surface area (Å²) in [5.41, 5.74) is 0.937. The van der Waals surface area contributed by atoms with Crippen molar-refractivity contribution >= 4 is 29.1 Å². The first kappa shape index (κ1) is 15.2. The van der Waals surface area contributed by atoms with Crippen LogP contribution in [0.5, 0.6) is 0 Å². The second kappa shape index (κ2) is 6.21. The minimum Gasteiger partial charge on any atom is -0.325 e. The number of hydrogen-bond acceptors (Lipinski definition) is 5. The van der Waals surface area contributed by atoms with Crippen LogP contribution < -0.4 is 10.9 Å². The van der Waals surface area contributed by atoms with Gasteiger partial charge in [0, 0.05) is 17.4 Å². The molecule has 0 atom stereocenters. The van der Waals surface area contributed by atoms with E-state index in [4.69, 9.17) is 0 Å². The van der Waals surface area contributed by atoms with Crippen LogP contribution >= 0.6 is 11.8 Å². The molecule has 9 heteroatoms. The van der Waals surface area contributed by atoms with E-state index in [1.165, 1.54) is 42.1 Å². The number of aryl methyl sites for hydroxylation is 1. The average molecular weight is 333 g/mol. The van der Waals surface area contributed by atoms with Crippen molar-refractivity contribution in [1.82, 2.24) is 19.6 Å². The zero-order chi connectivity index (χ0) is 16.4. The Morgan fingerprint density at radius 3 is 2.83 bits per heavy atom. The molecule has 0 saturated carbocycles. The van der Waals surface area contributed by atoms with Gasteiger partial charge in [0.1, 0.15) is 5.82 Å². The van der Waals surface area contributed by atoms with Crippen molar-refractivity contribution in [3.8, 4) is 0 Å². The summed E-state index contributed by atoms with van der Waals surface area (Å²) in [6.07, 6.45) is 0. The Balaban J connectivity index is 1.69. The van der Waals surface area contributed by atoms with Crippen molar-refractivity contribution in [2.45, 2.75) is 12.1 Å². The number of benzene rings is 1. The van der Waals surface area contributed by atoms with E-state index in [0.717, 1.165) is 0 Å². The highest BCUT2D eigenvalue weighted by molar-refractivity contribution is 7.99. The van der Waals surface area contributed by atoms with Gasteiger partial charge in [0.2, 0.25) is 11.7 Å². The molecule has 23 heavy (non-hydrogen) atoms. The minimum absolute atomic E-state index is 0.108. The summed E-state index contributed by atoms with van der Waals surface area (Å²) in [5, 5.41) is 11.0. The number of halogens is 1. The van der Waals surface area contributed by atoms with Gasteiger partial charge in [0.15, 0.2) is 5.16 Å². The molecular formula is C14H12FN5O2S. The molecule has 118 valence electrons. The maximum absolute atomic E-state index is 12.8. The number of nitrogens with zero attached hydrogens (tertiary/aromatic N) is 3. The number of anilines is 1. The lowest BCUT2D eigenvalue weighted by Gasteiger charge is -2.05. The number of thioether (sulfide) groups is 1. The first-order chi connectivity index (χ1) is 11.0. The van der Waals surface area contributed by atoms with E-state index in [2.05, 4.69) is 20.5 Å². The maximum Gasteiger partial charge on any atom is 0.252 e. The van der Waals surface area contributed by atoms with E-state index in [0.29, 0.717) is 22.3 Å². The smallest absolute Gasteiger partial charge is 0.252 e. The topological polar surface area (TPSA) is 92.2 Å². The summed E-state index contributed by atoms with van der Waals surface area (Å²) >= 11 is 1.19. The second-order valence-corrected chi connectivity index (χ2v) is 5.70. The number of nitrogens with one attached hydrogen (secondary N) is 2. The summed E-state index contributed by atoms with van der Waals surface area (Å²) in [5.74, 6) is -0.176. The van der Waals surface area contributed by atoms with Crippen molar-refractivity contribution < 1.29 is 9.18 Å². The molecule has 0 fully saturated rings. The Morgan fingerprint density at radius 2 is 2.09 bits per heavy atom. The predicted octanol–water partition coefficient (Wildman–Crippen LogP) is 1.60. The molecule has 3 aromatic rings. The first-order valence-electron chi connectivity index (χ1n) is 6.66. The predicted molar refractivity (Wildman–Crippen MR) is 84.1 cm³/mol. The number of amides is 1. The van der Waals surface area contributed by atoms with Crippen LogP contribution in [0.3, 0.4) is 0 Å². The van der Waals surface area contributed by atoms with E-state index in [9.17, 15) is 14.0 Å². The zero-order valence-electron chi connectivity index (χ0n) is 12.0. The van der Waals surface area contributed by atoms with Crippen LogP contribution in [0.2, 0.25) is 0 Å². The molecule has 0 saturated heterocycles. The molecule has 0 unspecified atom stereocenters. The van der Waals surface area contributed by atoms with Crippen LogP contribution in [0.25, 0.3) is 5.78 Å². The van der Waals surface area contributed by atoms with E-state index in [1.54, 1.807) is 11.3 Å². The molecule has 0 radical (unpaired) electrons. The lowest BCUT2D eigenvalue weighted by Crippen LogP contribution is -2.14. The number of aromatic amines is 1. The number of rotatable bonds is 4. The fourth-order valence-electron chi connectivity index (χ4n) is 2.02. The van der Waals surface area contributed by atoms with Crippen LogP contribution in [0.1, 0.15) is 5.69 Å². The van der Waals surface area contributed by atoms with Gasteiger partial charge in [-0.2, -0.15) is 0 Å². The second-order valence-electron chi connectivity index (χ2n) is 4.76. The van der Waals surface area contributed by atoms with Crippen LogP contribution in [-0.4, -0.2) is 31.2 Å². The first-order valence-corrected chi connectivity index (χ1v) is 7.65.